The predicted molar refractivity (Wildman–Crippen MR) is 88.4 cm³/mol. The second kappa shape index (κ2) is 6.89. The van der Waals surface area contributed by atoms with Crippen molar-refractivity contribution in [3.05, 3.63) is 34.0 Å². The van der Waals surface area contributed by atoms with E-state index >= 15 is 0 Å². The Bertz CT molecular complexity index is 664. The molecule has 1 heterocycles. The van der Waals surface area contributed by atoms with E-state index in [-0.39, 0.29) is 5.91 Å². The summed E-state index contributed by atoms with van der Waals surface area (Å²) in [5.74, 6) is 0.754. The molecule has 8 heteroatoms. The van der Waals surface area contributed by atoms with Crippen LogP contribution >= 0.6 is 23.2 Å². The minimum atomic E-state index is -0.479. The van der Waals surface area contributed by atoms with E-state index in [0.29, 0.717) is 39.4 Å². The van der Waals surface area contributed by atoms with Crippen LogP contribution in [-0.2, 0) is 4.79 Å². The number of nitrogens with two attached hydrogens (primary N) is 1. The molecule has 1 atom stereocenters. The normalized spacial score (nSPS) is 12.0. The van der Waals surface area contributed by atoms with Gasteiger partial charge in [-0.3, -0.25) is 4.79 Å². The van der Waals surface area contributed by atoms with Crippen LogP contribution in [0.4, 0.5) is 17.2 Å². The summed E-state index contributed by atoms with van der Waals surface area (Å²) in [6.07, 6.45) is 0.558. The van der Waals surface area contributed by atoms with Crippen LogP contribution in [0.2, 0.25) is 10.0 Å². The third kappa shape index (κ3) is 3.84. The van der Waals surface area contributed by atoms with E-state index in [9.17, 15) is 4.79 Å². The molecule has 0 radical (unpaired) electrons. The van der Waals surface area contributed by atoms with Gasteiger partial charge in [0.2, 0.25) is 5.91 Å². The van der Waals surface area contributed by atoms with E-state index in [2.05, 4.69) is 15.8 Å². The van der Waals surface area contributed by atoms with E-state index in [1.807, 2.05) is 6.92 Å². The van der Waals surface area contributed by atoms with Gasteiger partial charge >= 0.3 is 0 Å². The monoisotopic (exact) mass is 342 g/mol. The molecule has 0 aliphatic rings. The van der Waals surface area contributed by atoms with E-state index in [4.69, 9.17) is 33.5 Å². The standard InChI is InChI=1S/C14H16Cl2N4O2/c1-3-11(14(21)19-12-4-7(2)22-20-12)18-8-5-9(15)13(17)10(16)6-8/h4-6,11,18H,3,17H2,1-2H3,(H,19,20,21)/t11-/m1/s1. The summed E-state index contributed by atoms with van der Waals surface area (Å²) in [6.45, 7) is 3.63. The van der Waals surface area contributed by atoms with Crippen molar-refractivity contribution in [2.75, 3.05) is 16.4 Å². The van der Waals surface area contributed by atoms with Crippen molar-refractivity contribution in [2.45, 2.75) is 26.3 Å². The van der Waals surface area contributed by atoms with Crippen molar-refractivity contribution in [2.24, 2.45) is 0 Å². The first-order valence-corrected chi connectivity index (χ1v) is 7.41. The van der Waals surface area contributed by atoms with E-state index < -0.39 is 6.04 Å². The molecule has 0 aliphatic carbocycles. The highest BCUT2D eigenvalue weighted by molar-refractivity contribution is 6.39. The minimum absolute atomic E-state index is 0.236. The molecule has 2 aromatic rings. The van der Waals surface area contributed by atoms with Gasteiger partial charge < -0.3 is 20.9 Å². The van der Waals surface area contributed by atoms with Crippen molar-refractivity contribution in [3.63, 3.8) is 0 Å². The Morgan fingerprint density at radius 2 is 2.00 bits per heavy atom. The maximum absolute atomic E-state index is 12.2. The van der Waals surface area contributed by atoms with Gasteiger partial charge in [0, 0.05) is 11.8 Å². The van der Waals surface area contributed by atoms with Gasteiger partial charge in [-0.25, -0.2) is 0 Å². The smallest absolute Gasteiger partial charge is 0.248 e. The first-order chi connectivity index (χ1) is 10.4. The van der Waals surface area contributed by atoms with Crippen LogP contribution in [-0.4, -0.2) is 17.1 Å². The second-order valence-electron chi connectivity index (χ2n) is 4.77. The Hall–Kier alpha value is -1.92. The van der Waals surface area contributed by atoms with Crippen LogP contribution in [0.3, 0.4) is 0 Å². The average Bonchev–Trinajstić information content (AvgIpc) is 2.87. The number of benzene rings is 1. The molecule has 118 valence electrons. The Balaban J connectivity index is 2.10. The highest BCUT2D eigenvalue weighted by Gasteiger charge is 2.18. The zero-order valence-corrected chi connectivity index (χ0v) is 13.6. The fourth-order valence-electron chi connectivity index (χ4n) is 1.86. The molecule has 0 unspecified atom stereocenters. The Kier molecular flexibility index (Phi) is 5.15. The number of nitrogens with one attached hydrogen (secondary N) is 2. The van der Waals surface area contributed by atoms with Gasteiger partial charge in [-0.15, -0.1) is 0 Å². The molecule has 0 spiro atoms. The Morgan fingerprint density at radius 3 is 2.50 bits per heavy atom. The highest BCUT2D eigenvalue weighted by Crippen LogP contribution is 2.31. The molecule has 0 saturated carbocycles. The molecular weight excluding hydrogens is 327 g/mol. The first-order valence-electron chi connectivity index (χ1n) is 6.66. The molecule has 0 saturated heterocycles. The van der Waals surface area contributed by atoms with Crippen LogP contribution in [0.5, 0.6) is 0 Å². The number of carbonyl (C=O) groups is 1. The predicted octanol–water partition coefficient (Wildman–Crippen LogP) is 3.70. The van der Waals surface area contributed by atoms with Crippen molar-refractivity contribution in [3.8, 4) is 0 Å². The number of anilines is 3. The largest absolute Gasteiger partial charge is 0.396 e. The molecule has 22 heavy (non-hydrogen) atoms. The van der Waals surface area contributed by atoms with Crippen molar-refractivity contribution >= 4 is 46.3 Å². The fourth-order valence-corrected chi connectivity index (χ4v) is 2.35. The van der Waals surface area contributed by atoms with Crippen molar-refractivity contribution in [1.29, 1.82) is 0 Å². The Morgan fingerprint density at radius 1 is 1.36 bits per heavy atom. The lowest BCUT2D eigenvalue weighted by Gasteiger charge is -2.18. The zero-order valence-electron chi connectivity index (χ0n) is 12.1. The third-order valence-electron chi connectivity index (χ3n) is 3.02. The molecule has 0 aliphatic heterocycles. The number of aryl methyl sites for hydroxylation is 1. The zero-order chi connectivity index (χ0) is 16.3. The topological polar surface area (TPSA) is 93.2 Å². The summed E-state index contributed by atoms with van der Waals surface area (Å²) in [6, 6.07) is 4.41. The van der Waals surface area contributed by atoms with E-state index in [0.717, 1.165) is 0 Å². The highest BCUT2D eigenvalue weighted by atomic mass is 35.5. The number of nitrogens with zero attached hydrogens (tertiary/aromatic N) is 1. The van der Waals surface area contributed by atoms with Crippen LogP contribution in [0, 0.1) is 6.92 Å². The van der Waals surface area contributed by atoms with Crippen molar-refractivity contribution in [1.82, 2.24) is 5.16 Å². The van der Waals surface area contributed by atoms with Crippen LogP contribution < -0.4 is 16.4 Å². The van der Waals surface area contributed by atoms with E-state index in [1.54, 1.807) is 25.1 Å². The SMILES string of the molecule is CC[C@@H](Nc1cc(Cl)c(N)c(Cl)c1)C(=O)Nc1cc(C)on1. The maximum Gasteiger partial charge on any atom is 0.248 e. The average molecular weight is 343 g/mol. The number of carbonyl (C=O) groups excluding carboxylic acids is 1. The number of hydrogen-bond donors (Lipinski definition) is 3. The molecule has 0 bridgehead atoms. The van der Waals surface area contributed by atoms with Gasteiger partial charge in [-0.1, -0.05) is 35.3 Å². The summed E-state index contributed by atoms with van der Waals surface area (Å²) in [5, 5.41) is 10.1. The lowest BCUT2D eigenvalue weighted by Crippen LogP contribution is -2.34. The van der Waals surface area contributed by atoms with Gasteiger partial charge in [0.05, 0.1) is 15.7 Å². The van der Waals surface area contributed by atoms with Crippen LogP contribution in [0.1, 0.15) is 19.1 Å². The number of aromatic nitrogens is 1. The first kappa shape index (κ1) is 16.5. The van der Waals surface area contributed by atoms with Gasteiger partial charge in [-0.2, -0.15) is 0 Å². The minimum Gasteiger partial charge on any atom is -0.396 e. The van der Waals surface area contributed by atoms with Gasteiger partial charge in [0.1, 0.15) is 11.8 Å². The maximum atomic E-state index is 12.2. The molecule has 6 nitrogen and oxygen atoms in total. The summed E-state index contributed by atoms with van der Waals surface area (Å²) in [5.41, 5.74) is 6.61. The van der Waals surface area contributed by atoms with Gasteiger partial charge in [0.25, 0.3) is 0 Å². The molecule has 1 amide bonds. The molecule has 1 aromatic heterocycles. The lowest BCUT2D eigenvalue weighted by molar-refractivity contribution is -0.117. The van der Waals surface area contributed by atoms with Gasteiger partial charge in [0.15, 0.2) is 5.82 Å². The molecular formula is C14H16Cl2N4O2. The van der Waals surface area contributed by atoms with E-state index in [1.165, 1.54) is 0 Å². The van der Waals surface area contributed by atoms with Crippen molar-refractivity contribution < 1.29 is 9.32 Å². The third-order valence-corrected chi connectivity index (χ3v) is 3.65. The molecule has 2 rings (SSSR count). The lowest BCUT2D eigenvalue weighted by atomic mass is 10.2. The number of rotatable bonds is 5. The number of amides is 1. The summed E-state index contributed by atoms with van der Waals surface area (Å²) >= 11 is 12.0. The van der Waals surface area contributed by atoms with Gasteiger partial charge in [-0.05, 0) is 25.5 Å². The van der Waals surface area contributed by atoms with Crippen LogP contribution in [0.25, 0.3) is 0 Å². The summed E-state index contributed by atoms with van der Waals surface area (Å²) in [7, 11) is 0. The quantitative estimate of drug-likeness (QED) is 0.720. The fraction of sp³-hybridized carbons (Fsp3) is 0.286. The summed E-state index contributed by atoms with van der Waals surface area (Å²) < 4.78 is 4.91. The number of nitrogen functional groups attached to an aromatic ring is 1. The Labute approximate surface area is 137 Å². The summed E-state index contributed by atoms with van der Waals surface area (Å²) in [4.78, 5) is 12.2. The number of hydrogen-bond acceptors (Lipinski definition) is 5. The van der Waals surface area contributed by atoms with Crippen LogP contribution in [0.15, 0.2) is 22.7 Å². The molecule has 0 fully saturated rings. The molecule has 1 aromatic carbocycles. The number of halogens is 2. The second-order valence-corrected chi connectivity index (χ2v) is 5.59. The molecule has 4 N–H and O–H groups in total.